The molecule has 5 nitrogen and oxygen atoms in total. The zero-order chi connectivity index (χ0) is 14.7. The molecule has 0 atom stereocenters. The number of nitrogens with zero attached hydrogens (tertiary/aromatic N) is 1. The maximum absolute atomic E-state index is 12.1. The van der Waals surface area contributed by atoms with Crippen molar-refractivity contribution in [1.29, 1.82) is 0 Å². The Balaban J connectivity index is 2.17. The molecule has 0 aliphatic carbocycles. The minimum atomic E-state index is -0.620. The van der Waals surface area contributed by atoms with Crippen LogP contribution in [0.3, 0.4) is 0 Å². The van der Waals surface area contributed by atoms with E-state index in [1.165, 1.54) is 18.3 Å². The van der Waals surface area contributed by atoms with Crippen LogP contribution in [0, 0.1) is 10.5 Å². The van der Waals surface area contributed by atoms with Crippen molar-refractivity contribution in [3.8, 4) is 0 Å². The van der Waals surface area contributed by atoms with Gasteiger partial charge in [-0.1, -0.05) is 0 Å². The SMILES string of the molecule is Cc1cc(I)ccc1NC(=O)c1ccc(C(N)=O)nc1. The minimum Gasteiger partial charge on any atom is -0.364 e. The predicted molar refractivity (Wildman–Crippen MR) is 84.6 cm³/mol. The van der Waals surface area contributed by atoms with E-state index >= 15 is 0 Å². The van der Waals surface area contributed by atoms with Crippen molar-refractivity contribution in [2.75, 3.05) is 5.32 Å². The molecule has 0 aliphatic rings. The minimum absolute atomic E-state index is 0.131. The number of pyridine rings is 1. The normalized spacial score (nSPS) is 10.1. The van der Waals surface area contributed by atoms with Gasteiger partial charge in [0.25, 0.3) is 11.8 Å². The maximum Gasteiger partial charge on any atom is 0.267 e. The first-order chi connectivity index (χ1) is 9.47. The molecule has 102 valence electrons. The second kappa shape index (κ2) is 6.00. The fraction of sp³-hybridized carbons (Fsp3) is 0.0714. The van der Waals surface area contributed by atoms with Crippen molar-refractivity contribution in [2.45, 2.75) is 6.92 Å². The summed E-state index contributed by atoms with van der Waals surface area (Å²) in [5, 5.41) is 2.80. The lowest BCUT2D eigenvalue weighted by molar-refractivity contribution is 0.0990. The summed E-state index contributed by atoms with van der Waals surface area (Å²) in [4.78, 5) is 26.8. The van der Waals surface area contributed by atoms with Gasteiger partial charge in [0, 0.05) is 15.5 Å². The number of carbonyl (C=O) groups is 2. The molecule has 0 spiro atoms. The Morgan fingerprint density at radius 3 is 2.55 bits per heavy atom. The number of primary amides is 1. The zero-order valence-corrected chi connectivity index (χ0v) is 12.8. The van der Waals surface area contributed by atoms with E-state index in [1.807, 2.05) is 25.1 Å². The van der Waals surface area contributed by atoms with Gasteiger partial charge in [0.1, 0.15) is 5.69 Å². The number of aryl methyl sites for hydroxylation is 1. The number of rotatable bonds is 3. The number of nitrogens with one attached hydrogen (secondary N) is 1. The third-order valence-electron chi connectivity index (χ3n) is 2.71. The average molecular weight is 381 g/mol. The lowest BCUT2D eigenvalue weighted by Gasteiger charge is -2.08. The molecule has 20 heavy (non-hydrogen) atoms. The fourth-order valence-electron chi connectivity index (χ4n) is 1.64. The highest BCUT2D eigenvalue weighted by Gasteiger charge is 2.09. The molecule has 0 aliphatic heterocycles. The van der Waals surface area contributed by atoms with Crippen molar-refractivity contribution in [1.82, 2.24) is 4.98 Å². The first kappa shape index (κ1) is 14.4. The molecule has 2 amide bonds. The van der Waals surface area contributed by atoms with E-state index in [-0.39, 0.29) is 11.6 Å². The Labute approximate surface area is 129 Å². The van der Waals surface area contributed by atoms with E-state index in [9.17, 15) is 9.59 Å². The molecule has 0 radical (unpaired) electrons. The standard InChI is InChI=1S/C14H12IN3O2/c1-8-6-10(15)3-5-11(8)18-14(20)9-2-4-12(13(16)19)17-7-9/h2-7H,1H3,(H2,16,19)(H,18,20). The summed E-state index contributed by atoms with van der Waals surface area (Å²) in [6, 6.07) is 8.69. The van der Waals surface area contributed by atoms with E-state index in [4.69, 9.17) is 5.73 Å². The third-order valence-corrected chi connectivity index (χ3v) is 3.39. The van der Waals surface area contributed by atoms with Gasteiger partial charge in [0.15, 0.2) is 0 Å². The van der Waals surface area contributed by atoms with Gasteiger partial charge in [0.05, 0.1) is 5.56 Å². The van der Waals surface area contributed by atoms with Crippen molar-refractivity contribution < 1.29 is 9.59 Å². The van der Waals surface area contributed by atoms with Gasteiger partial charge in [-0.3, -0.25) is 14.6 Å². The van der Waals surface area contributed by atoms with Gasteiger partial charge in [-0.15, -0.1) is 0 Å². The molecule has 0 unspecified atom stereocenters. The molecule has 0 bridgehead atoms. The highest BCUT2D eigenvalue weighted by molar-refractivity contribution is 14.1. The van der Waals surface area contributed by atoms with Crippen LogP contribution in [0.4, 0.5) is 5.69 Å². The van der Waals surface area contributed by atoms with Gasteiger partial charge < -0.3 is 11.1 Å². The highest BCUT2D eigenvalue weighted by Crippen LogP contribution is 2.18. The Morgan fingerprint density at radius 1 is 1.25 bits per heavy atom. The first-order valence-corrected chi connectivity index (χ1v) is 6.88. The summed E-state index contributed by atoms with van der Waals surface area (Å²) < 4.78 is 1.10. The quantitative estimate of drug-likeness (QED) is 0.801. The number of halogens is 1. The van der Waals surface area contributed by atoms with E-state index in [0.29, 0.717) is 5.56 Å². The summed E-state index contributed by atoms with van der Waals surface area (Å²) in [6.45, 7) is 1.92. The summed E-state index contributed by atoms with van der Waals surface area (Å²) in [5.41, 5.74) is 7.32. The number of aromatic nitrogens is 1. The van der Waals surface area contributed by atoms with Gasteiger partial charge in [-0.05, 0) is 65.4 Å². The molecular weight excluding hydrogens is 369 g/mol. The Kier molecular flexibility index (Phi) is 4.33. The predicted octanol–water partition coefficient (Wildman–Crippen LogP) is 2.35. The Morgan fingerprint density at radius 2 is 2.00 bits per heavy atom. The second-order valence-electron chi connectivity index (χ2n) is 4.21. The van der Waals surface area contributed by atoms with Crippen LogP contribution in [-0.2, 0) is 0 Å². The van der Waals surface area contributed by atoms with Crippen LogP contribution in [0.25, 0.3) is 0 Å². The summed E-state index contributed by atoms with van der Waals surface area (Å²) in [5.74, 6) is -0.900. The van der Waals surface area contributed by atoms with E-state index in [0.717, 1.165) is 14.8 Å². The van der Waals surface area contributed by atoms with Crippen LogP contribution < -0.4 is 11.1 Å². The molecule has 0 saturated heterocycles. The number of nitrogens with two attached hydrogens (primary N) is 1. The van der Waals surface area contributed by atoms with Crippen molar-refractivity contribution in [3.05, 3.63) is 56.9 Å². The first-order valence-electron chi connectivity index (χ1n) is 5.81. The van der Waals surface area contributed by atoms with Crippen LogP contribution in [0.1, 0.15) is 26.4 Å². The molecule has 2 aromatic rings. The number of anilines is 1. The number of benzene rings is 1. The molecule has 1 aromatic carbocycles. The molecule has 0 saturated carbocycles. The van der Waals surface area contributed by atoms with E-state index in [2.05, 4.69) is 32.9 Å². The second-order valence-corrected chi connectivity index (χ2v) is 5.46. The fourth-order valence-corrected chi connectivity index (χ4v) is 2.28. The van der Waals surface area contributed by atoms with Crippen molar-refractivity contribution in [3.63, 3.8) is 0 Å². The Bertz CT molecular complexity index is 669. The smallest absolute Gasteiger partial charge is 0.267 e. The number of hydrogen-bond donors (Lipinski definition) is 2. The summed E-state index contributed by atoms with van der Waals surface area (Å²) in [7, 11) is 0. The molecule has 0 fully saturated rings. The Hall–Kier alpha value is -1.96. The van der Waals surface area contributed by atoms with Crippen LogP contribution in [0.5, 0.6) is 0 Å². The van der Waals surface area contributed by atoms with Gasteiger partial charge >= 0.3 is 0 Å². The molecule has 6 heteroatoms. The molecule has 1 heterocycles. The molecule has 2 rings (SSSR count). The lowest BCUT2D eigenvalue weighted by Crippen LogP contribution is -2.16. The molecule has 3 N–H and O–H groups in total. The monoisotopic (exact) mass is 381 g/mol. The maximum atomic E-state index is 12.1. The molecule has 1 aromatic heterocycles. The van der Waals surface area contributed by atoms with Crippen molar-refractivity contribution in [2.24, 2.45) is 5.73 Å². The number of carbonyl (C=O) groups excluding carboxylic acids is 2. The average Bonchev–Trinajstić information content (AvgIpc) is 2.42. The van der Waals surface area contributed by atoms with Gasteiger partial charge in [-0.2, -0.15) is 0 Å². The van der Waals surface area contributed by atoms with Crippen LogP contribution in [-0.4, -0.2) is 16.8 Å². The van der Waals surface area contributed by atoms with Crippen LogP contribution in [0.15, 0.2) is 36.5 Å². The lowest BCUT2D eigenvalue weighted by atomic mass is 10.2. The summed E-state index contributed by atoms with van der Waals surface area (Å²) >= 11 is 2.21. The van der Waals surface area contributed by atoms with Gasteiger partial charge in [0.2, 0.25) is 0 Å². The topological polar surface area (TPSA) is 85.1 Å². The van der Waals surface area contributed by atoms with Crippen LogP contribution in [0.2, 0.25) is 0 Å². The van der Waals surface area contributed by atoms with E-state index < -0.39 is 5.91 Å². The number of hydrogen-bond acceptors (Lipinski definition) is 3. The van der Waals surface area contributed by atoms with Crippen molar-refractivity contribution >= 4 is 40.1 Å². The van der Waals surface area contributed by atoms with Gasteiger partial charge in [-0.25, -0.2) is 0 Å². The zero-order valence-electron chi connectivity index (χ0n) is 10.7. The summed E-state index contributed by atoms with van der Waals surface area (Å²) in [6.07, 6.45) is 1.33. The van der Waals surface area contributed by atoms with Crippen LogP contribution >= 0.6 is 22.6 Å². The highest BCUT2D eigenvalue weighted by atomic mass is 127. The third kappa shape index (κ3) is 3.32. The number of amides is 2. The van der Waals surface area contributed by atoms with E-state index in [1.54, 1.807) is 0 Å². The molecular formula is C14H12IN3O2. The largest absolute Gasteiger partial charge is 0.364 e.